The van der Waals surface area contributed by atoms with Gasteiger partial charge in [-0.3, -0.25) is 14.9 Å². The fourth-order valence-electron chi connectivity index (χ4n) is 4.73. The molecule has 1 saturated carbocycles. The molecular formula is C21H30N4. The number of rotatable bonds is 3. The first kappa shape index (κ1) is 16.9. The lowest BCUT2D eigenvalue weighted by molar-refractivity contribution is 0.148. The molecule has 2 fully saturated rings. The number of aromatic nitrogens is 2. The van der Waals surface area contributed by atoms with Gasteiger partial charge < -0.3 is 4.90 Å². The molecule has 0 radical (unpaired) electrons. The van der Waals surface area contributed by atoms with Gasteiger partial charge in [0.05, 0.1) is 11.0 Å². The Bertz CT molecular complexity index is 690. The van der Waals surface area contributed by atoms with Crippen molar-refractivity contribution in [3.05, 3.63) is 36.2 Å². The van der Waals surface area contributed by atoms with E-state index in [0.717, 1.165) is 23.5 Å². The minimum Gasteiger partial charge on any atom is -0.305 e. The second-order valence-electron chi connectivity index (χ2n) is 7.96. The fraction of sp³-hybridized carbons (Fsp3) is 0.619. The zero-order valence-corrected chi connectivity index (χ0v) is 15.4. The number of nitrogens with zero attached hydrogens (tertiary/aromatic N) is 4. The quantitative estimate of drug-likeness (QED) is 0.859. The molecule has 3 heterocycles. The molecule has 4 rings (SSSR count). The van der Waals surface area contributed by atoms with Gasteiger partial charge in [0.1, 0.15) is 0 Å². The molecular weight excluding hydrogens is 308 g/mol. The van der Waals surface area contributed by atoms with Crippen LogP contribution in [0.25, 0.3) is 11.0 Å². The first-order valence-electron chi connectivity index (χ1n) is 9.91. The molecule has 0 bridgehead atoms. The lowest BCUT2D eigenvalue weighted by Crippen LogP contribution is -2.40. The lowest BCUT2D eigenvalue weighted by atomic mass is 9.92. The van der Waals surface area contributed by atoms with Crippen molar-refractivity contribution >= 4 is 11.0 Å². The zero-order valence-electron chi connectivity index (χ0n) is 15.4. The molecule has 0 amide bonds. The van der Waals surface area contributed by atoms with Crippen LogP contribution in [-0.2, 0) is 6.42 Å². The van der Waals surface area contributed by atoms with Crippen molar-refractivity contribution in [1.29, 1.82) is 0 Å². The van der Waals surface area contributed by atoms with Gasteiger partial charge in [-0.2, -0.15) is 0 Å². The summed E-state index contributed by atoms with van der Waals surface area (Å²) in [6, 6.07) is 7.03. The third-order valence-corrected chi connectivity index (χ3v) is 6.01. The van der Waals surface area contributed by atoms with Gasteiger partial charge in [0.25, 0.3) is 0 Å². The smallest absolute Gasteiger partial charge is 0.0918 e. The van der Waals surface area contributed by atoms with Gasteiger partial charge in [-0.15, -0.1) is 0 Å². The SMILES string of the molecule is CN1CCN(C2CCCCC2)C[C@@H](Cc2ccnc3cccnc23)C1. The summed E-state index contributed by atoms with van der Waals surface area (Å²) in [6.07, 6.45) is 12.0. The molecule has 4 heteroatoms. The molecule has 25 heavy (non-hydrogen) atoms. The molecule has 134 valence electrons. The van der Waals surface area contributed by atoms with Crippen molar-refractivity contribution in [3.63, 3.8) is 0 Å². The van der Waals surface area contributed by atoms with Crippen LogP contribution < -0.4 is 0 Å². The molecule has 0 spiro atoms. The van der Waals surface area contributed by atoms with Gasteiger partial charge >= 0.3 is 0 Å². The summed E-state index contributed by atoms with van der Waals surface area (Å²) in [6.45, 7) is 4.83. The van der Waals surface area contributed by atoms with Crippen molar-refractivity contribution < 1.29 is 0 Å². The van der Waals surface area contributed by atoms with Crippen LogP contribution in [0.1, 0.15) is 37.7 Å². The number of likely N-dealkylation sites (N-methyl/N-ethyl adjacent to an activating group) is 1. The minimum atomic E-state index is 0.669. The third-order valence-electron chi connectivity index (χ3n) is 6.01. The highest BCUT2D eigenvalue weighted by Crippen LogP contribution is 2.26. The van der Waals surface area contributed by atoms with Crippen LogP contribution in [-0.4, -0.2) is 59.0 Å². The van der Waals surface area contributed by atoms with E-state index in [1.54, 1.807) is 0 Å². The summed E-state index contributed by atoms with van der Waals surface area (Å²) < 4.78 is 0. The van der Waals surface area contributed by atoms with Crippen molar-refractivity contribution in [2.75, 3.05) is 33.2 Å². The Balaban J connectivity index is 1.52. The van der Waals surface area contributed by atoms with E-state index in [0.29, 0.717) is 5.92 Å². The van der Waals surface area contributed by atoms with Crippen LogP contribution in [0, 0.1) is 5.92 Å². The fourth-order valence-corrected chi connectivity index (χ4v) is 4.73. The van der Waals surface area contributed by atoms with E-state index in [2.05, 4.69) is 38.9 Å². The Kier molecular flexibility index (Phi) is 5.28. The highest BCUT2D eigenvalue weighted by Gasteiger charge is 2.27. The van der Waals surface area contributed by atoms with E-state index in [4.69, 9.17) is 0 Å². The van der Waals surface area contributed by atoms with Crippen molar-refractivity contribution in [1.82, 2.24) is 19.8 Å². The zero-order chi connectivity index (χ0) is 17.1. The first-order valence-corrected chi connectivity index (χ1v) is 9.91. The standard InChI is InChI=1S/C21H30N4/c1-24-12-13-25(19-6-3-2-4-7-19)16-17(15-24)14-18-9-11-22-20-8-5-10-23-21(18)20/h5,8-11,17,19H,2-4,6-7,12-16H2,1H3/t17-/m0/s1. The molecule has 1 aliphatic carbocycles. The van der Waals surface area contributed by atoms with Crippen LogP contribution >= 0.6 is 0 Å². The molecule has 4 nitrogen and oxygen atoms in total. The molecule has 2 aliphatic rings. The van der Waals surface area contributed by atoms with Crippen LogP contribution in [0.3, 0.4) is 0 Å². The highest BCUT2D eigenvalue weighted by atomic mass is 15.2. The van der Waals surface area contributed by atoms with Crippen LogP contribution in [0.4, 0.5) is 0 Å². The van der Waals surface area contributed by atoms with Gasteiger partial charge in [-0.25, -0.2) is 0 Å². The molecule has 0 unspecified atom stereocenters. The number of fused-ring (bicyclic) bond motifs is 1. The minimum absolute atomic E-state index is 0.669. The van der Waals surface area contributed by atoms with Crippen LogP contribution in [0.5, 0.6) is 0 Å². The van der Waals surface area contributed by atoms with Crippen molar-refractivity contribution in [2.24, 2.45) is 5.92 Å². The van der Waals surface area contributed by atoms with Gasteiger partial charge in [0.2, 0.25) is 0 Å². The molecule has 1 saturated heterocycles. The van der Waals surface area contributed by atoms with Gasteiger partial charge in [-0.05, 0) is 56.0 Å². The maximum absolute atomic E-state index is 4.61. The Labute approximate surface area is 151 Å². The molecule has 0 aromatic carbocycles. The number of pyridine rings is 2. The van der Waals surface area contributed by atoms with Crippen molar-refractivity contribution in [2.45, 2.75) is 44.6 Å². The second kappa shape index (κ2) is 7.79. The van der Waals surface area contributed by atoms with Gasteiger partial charge in [-0.1, -0.05) is 19.3 Å². The predicted molar refractivity (Wildman–Crippen MR) is 103 cm³/mol. The summed E-state index contributed by atoms with van der Waals surface area (Å²) in [4.78, 5) is 14.4. The van der Waals surface area contributed by atoms with E-state index in [-0.39, 0.29) is 0 Å². The number of hydrogen-bond acceptors (Lipinski definition) is 4. The summed E-state index contributed by atoms with van der Waals surface area (Å²) >= 11 is 0. The average Bonchev–Trinajstić information content (AvgIpc) is 2.84. The number of hydrogen-bond donors (Lipinski definition) is 0. The topological polar surface area (TPSA) is 32.3 Å². The molecule has 1 aliphatic heterocycles. The van der Waals surface area contributed by atoms with Gasteiger partial charge in [0, 0.05) is 44.6 Å². The van der Waals surface area contributed by atoms with E-state index in [1.165, 1.54) is 63.8 Å². The summed E-state index contributed by atoms with van der Waals surface area (Å²) in [5.41, 5.74) is 3.46. The predicted octanol–water partition coefficient (Wildman–Crippen LogP) is 3.37. The molecule has 0 N–H and O–H groups in total. The summed E-state index contributed by atoms with van der Waals surface area (Å²) in [7, 11) is 2.28. The lowest BCUT2D eigenvalue weighted by Gasteiger charge is -2.35. The van der Waals surface area contributed by atoms with E-state index in [9.17, 15) is 0 Å². The van der Waals surface area contributed by atoms with E-state index < -0.39 is 0 Å². The summed E-state index contributed by atoms with van der Waals surface area (Å²) in [5, 5.41) is 0. The Hall–Kier alpha value is -1.52. The molecule has 2 aromatic rings. The third kappa shape index (κ3) is 4.01. The average molecular weight is 338 g/mol. The Morgan fingerprint density at radius 1 is 1.00 bits per heavy atom. The summed E-state index contributed by atoms with van der Waals surface area (Å²) in [5.74, 6) is 0.669. The first-order chi connectivity index (χ1) is 12.3. The van der Waals surface area contributed by atoms with E-state index >= 15 is 0 Å². The van der Waals surface area contributed by atoms with Crippen molar-refractivity contribution in [3.8, 4) is 0 Å². The molecule has 2 aromatic heterocycles. The Morgan fingerprint density at radius 3 is 2.76 bits per heavy atom. The van der Waals surface area contributed by atoms with Crippen LogP contribution in [0.15, 0.2) is 30.6 Å². The second-order valence-corrected chi connectivity index (χ2v) is 7.96. The normalized spacial score (nSPS) is 24.4. The van der Waals surface area contributed by atoms with Gasteiger partial charge in [0.15, 0.2) is 0 Å². The maximum atomic E-state index is 4.61. The monoisotopic (exact) mass is 338 g/mol. The van der Waals surface area contributed by atoms with E-state index in [1.807, 2.05) is 18.5 Å². The maximum Gasteiger partial charge on any atom is 0.0918 e. The largest absolute Gasteiger partial charge is 0.305 e. The van der Waals surface area contributed by atoms with Crippen LogP contribution in [0.2, 0.25) is 0 Å². The highest BCUT2D eigenvalue weighted by molar-refractivity contribution is 5.77. The Morgan fingerprint density at radius 2 is 1.88 bits per heavy atom. The molecule has 1 atom stereocenters.